The van der Waals surface area contributed by atoms with Crippen molar-refractivity contribution >= 4 is 23.2 Å². The quantitative estimate of drug-likeness (QED) is 0.765. The van der Waals surface area contributed by atoms with Crippen LogP contribution in [0.4, 0.5) is 10.1 Å². The maximum absolute atomic E-state index is 13.4. The first-order valence-corrected chi connectivity index (χ1v) is 7.52. The SMILES string of the molecule is O=C(CCNCCc1ccccc1F)Nc1ccc(Cl)cc1. The average molecular weight is 321 g/mol. The van der Waals surface area contributed by atoms with Crippen molar-refractivity contribution in [3.05, 3.63) is 64.9 Å². The Kier molecular flexibility index (Phi) is 6.37. The van der Waals surface area contributed by atoms with Gasteiger partial charge in [0.25, 0.3) is 0 Å². The third-order valence-corrected chi connectivity index (χ3v) is 3.44. The molecule has 0 bridgehead atoms. The summed E-state index contributed by atoms with van der Waals surface area (Å²) >= 11 is 5.78. The van der Waals surface area contributed by atoms with Crippen molar-refractivity contribution in [3.8, 4) is 0 Å². The lowest BCUT2D eigenvalue weighted by atomic mass is 10.1. The van der Waals surface area contributed by atoms with Crippen LogP contribution in [0.25, 0.3) is 0 Å². The van der Waals surface area contributed by atoms with Gasteiger partial charge in [0, 0.05) is 23.7 Å². The molecule has 0 atom stereocenters. The minimum absolute atomic E-state index is 0.0688. The highest BCUT2D eigenvalue weighted by Crippen LogP contribution is 2.13. The van der Waals surface area contributed by atoms with E-state index in [1.165, 1.54) is 6.07 Å². The monoisotopic (exact) mass is 320 g/mol. The number of hydrogen-bond donors (Lipinski definition) is 2. The van der Waals surface area contributed by atoms with Crippen LogP contribution in [0, 0.1) is 5.82 Å². The Morgan fingerprint density at radius 1 is 1.05 bits per heavy atom. The fraction of sp³-hybridized carbons (Fsp3) is 0.235. The molecule has 3 nitrogen and oxygen atoms in total. The second-order valence-corrected chi connectivity index (χ2v) is 5.33. The van der Waals surface area contributed by atoms with E-state index in [0.717, 1.165) is 5.69 Å². The van der Waals surface area contributed by atoms with Gasteiger partial charge in [0.1, 0.15) is 5.82 Å². The van der Waals surface area contributed by atoms with Gasteiger partial charge in [-0.05, 0) is 48.9 Å². The van der Waals surface area contributed by atoms with Crippen molar-refractivity contribution in [1.29, 1.82) is 0 Å². The Hall–Kier alpha value is -1.91. The summed E-state index contributed by atoms with van der Waals surface area (Å²) in [6.45, 7) is 1.18. The molecule has 2 N–H and O–H groups in total. The van der Waals surface area contributed by atoms with Gasteiger partial charge in [0.2, 0.25) is 5.91 Å². The van der Waals surface area contributed by atoms with Crippen LogP contribution in [0.5, 0.6) is 0 Å². The predicted octanol–water partition coefficient (Wildman–Crippen LogP) is 3.64. The van der Waals surface area contributed by atoms with E-state index in [1.54, 1.807) is 36.4 Å². The first kappa shape index (κ1) is 16.5. The first-order chi connectivity index (χ1) is 10.6. The van der Waals surface area contributed by atoms with Crippen LogP contribution in [0.15, 0.2) is 48.5 Å². The van der Waals surface area contributed by atoms with Crippen LogP contribution in [0.2, 0.25) is 5.02 Å². The highest BCUT2D eigenvalue weighted by molar-refractivity contribution is 6.30. The molecule has 2 rings (SSSR count). The van der Waals surface area contributed by atoms with Gasteiger partial charge in [-0.2, -0.15) is 0 Å². The molecule has 0 spiro atoms. The summed E-state index contributed by atoms with van der Waals surface area (Å²) in [5, 5.41) is 6.56. The number of carbonyl (C=O) groups is 1. The topological polar surface area (TPSA) is 41.1 Å². The second kappa shape index (κ2) is 8.51. The Bertz CT molecular complexity index is 616. The van der Waals surface area contributed by atoms with Crippen molar-refractivity contribution in [2.75, 3.05) is 18.4 Å². The number of halogens is 2. The Balaban J connectivity index is 1.63. The van der Waals surface area contributed by atoms with E-state index in [0.29, 0.717) is 36.5 Å². The average Bonchev–Trinajstić information content (AvgIpc) is 2.51. The maximum Gasteiger partial charge on any atom is 0.225 e. The molecule has 22 heavy (non-hydrogen) atoms. The van der Waals surface area contributed by atoms with Crippen LogP contribution in [0.1, 0.15) is 12.0 Å². The molecule has 0 aromatic heterocycles. The fourth-order valence-electron chi connectivity index (χ4n) is 2.01. The molecular formula is C17H18ClFN2O. The molecule has 0 unspecified atom stereocenters. The normalized spacial score (nSPS) is 10.5. The Morgan fingerprint density at radius 3 is 2.50 bits per heavy atom. The molecular weight excluding hydrogens is 303 g/mol. The van der Waals surface area contributed by atoms with Crippen LogP contribution in [-0.2, 0) is 11.2 Å². The zero-order valence-corrected chi connectivity index (χ0v) is 12.9. The van der Waals surface area contributed by atoms with E-state index in [1.807, 2.05) is 6.07 Å². The predicted molar refractivity (Wildman–Crippen MR) is 87.7 cm³/mol. The lowest BCUT2D eigenvalue weighted by Gasteiger charge is -2.07. The van der Waals surface area contributed by atoms with Gasteiger partial charge in [-0.1, -0.05) is 29.8 Å². The number of amides is 1. The minimum atomic E-state index is -0.190. The van der Waals surface area contributed by atoms with Gasteiger partial charge < -0.3 is 10.6 Å². The van der Waals surface area contributed by atoms with E-state index in [-0.39, 0.29) is 11.7 Å². The number of benzene rings is 2. The Morgan fingerprint density at radius 2 is 1.77 bits per heavy atom. The summed E-state index contributed by atoms with van der Waals surface area (Å²) in [6, 6.07) is 13.7. The largest absolute Gasteiger partial charge is 0.326 e. The number of hydrogen-bond acceptors (Lipinski definition) is 2. The molecule has 0 aliphatic carbocycles. The smallest absolute Gasteiger partial charge is 0.225 e. The third kappa shape index (κ3) is 5.47. The van der Waals surface area contributed by atoms with Gasteiger partial charge in [-0.3, -0.25) is 4.79 Å². The number of anilines is 1. The van der Waals surface area contributed by atoms with Crippen molar-refractivity contribution in [1.82, 2.24) is 5.32 Å². The maximum atomic E-state index is 13.4. The molecule has 0 fully saturated rings. The van der Waals surface area contributed by atoms with Crippen LogP contribution >= 0.6 is 11.6 Å². The van der Waals surface area contributed by atoms with E-state index in [2.05, 4.69) is 10.6 Å². The number of rotatable bonds is 7. The summed E-state index contributed by atoms with van der Waals surface area (Å²) in [4.78, 5) is 11.7. The zero-order chi connectivity index (χ0) is 15.8. The van der Waals surface area contributed by atoms with Crippen LogP contribution in [0.3, 0.4) is 0 Å². The second-order valence-electron chi connectivity index (χ2n) is 4.90. The van der Waals surface area contributed by atoms with Gasteiger partial charge in [-0.25, -0.2) is 4.39 Å². The van der Waals surface area contributed by atoms with E-state index >= 15 is 0 Å². The fourth-order valence-corrected chi connectivity index (χ4v) is 2.13. The van der Waals surface area contributed by atoms with Gasteiger partial charge in [-0.15, -0.1) is 0 Å². The molecule has 0 saturated heterocycles. The summed E-state index contributed by atoms with van der Waals surface area (Å²) in [6.07, 6.45) is 0.964. The molecule has 0 saturated carbocycles. The molecule has 0 radical (unpaired) electrons. The molecule has 2 aromatic rings. The van der Waals surface area contributed by atoms with E-state index in [4.69, 9.17) is 11.6 Å². The molecule has 5 heteroatoms. The first-order valence-electron chi connectivity index (χ1n) is 7.15. The van der Waals surface area contributed by atoms with Gasteiger partial charge >= 0.3 is 0 Å². The summed E-state index contributed by atoms with van der Waals surface area (Å²) < 4.78 is 13.4. The van der Waals surface area contributed by atoms with Gasteiger partial charge in [0.05, 0.1) is 0 Å². The third-order valence-electron chi connectivity index (χ3n) is 3.19. The molecule has 0 heterocycles. The number of nitrogens with one attached hydrogen (secondary N) is 2. The summed E-state index contributed by atoms with van der Waals surface area (Å²) in [7, 11) is 0. The van der Waals surface area contributed by atoms with Crippen molar-refractivity contribution in [2.24, 2.45) is 0 Å². The minimum Gasteiger partial charge on any atom is -0.326 e. The highest BCUT2D eigenvalue weighted by atomic mass is 35.5. The lowest BCUT2D eigenvalue weighted by Crippen LogP contribution is -2.23. The standard InChI is InChI=1S/C17H18ClFN2O/c18-14-5-7-15(8-6-14)21-17(22)10-12-20-11-9-13-3-1-2-4-16(13)19/h1-8,20H,9-12H2,(H,21,22). The highest BCUT2D eigenvalue weighted by Gasteiger charge is 2.03. The van der Waals surface area contributed by atoms with Gasteiger partial charge in [0.15, 0.2) is 0 Å². The van der Waals surface area contributed by atoms with Crippen molar-refractivity contribution in [2.45, 2.75) is 12.8 Å². The molecule has 0 aliphatic heterocycles. The van der Waals surface area contributed by atoms with E-state index in [9.17, 15) is 9.18 Å². The molecule has 0 aliphatic rings. The van der Waals surface area contributed by atoms with E-state index < -0.39 is 0 Å². The lowest BCUT2D eigenvalue weighted by molar-refractivity contribution is -0.116. The number of carbonyl (C=O) groups excluding carboxylic acids is 1. The van der Waals surface area contributed by atoms with Crippen LogP contribution in [-0.4, -0.2) is 19.0 Å². The Labute approximate surface area is 134 Å². The summed E-state index contributed by atoms with van der Waals surface area (Å²) in [5.41, 5.74) is 1.40. The van der Waals surface area contributed by atoms with Crippen molar-refractivity contribution in [3.63, 3.8) is 0 Å². The zero-order valence-electron chi connectivity index (χ0n) is 12.1. The summed E-state index contributed by atoms with van der Waals surface area (Å²) in [5.74, 6) is -0.259. The molecule has 1 amide bonds. The molecule has 116 valence electrons. The van der Waals surface area contributed by atoms with Crippen molar-refractivity contribution < 1.29 is 9.18 Å². The molecule has 2 aromatic carbocycles. The van der Waals surface area contributed by atoms with Crippen LogP contribution < -0.4 is 10.6 Å².